The molecule has 2 aliphatic heterocycles. The van der Waals surface area contributed by atoms with Crippen LogP contribution in [0.4, 0.5) is 5.69 Å². The first-order valence-electron chi connectivity index (χ1n) is 6.42. The Labute approximate surface area is 116 Å². The Kier molecular flexibility index (Phi) is 3.04. The van der Waals surface area contributed by atoms with E-state index in [1.165, 1.54) is 12.8 Å². The molecule has 2 saturated heterocycles. The fraction of sp³-hybridized carbons (Fsp3) is 0.500. The summed E-state index contributed by atoms with van der Waals surface area (Å²) in [5, 5.41) is 9.30. The standard InChI is InChI=1S/C14H16BrN3/c15-10-1-4-14(9(5-10)8-16)18-12-2-3-13(18)7-11(17)6-12/h1,4-5,11-13H,2-3,6-7,17H2. The molecule has 2 N–H and O–H groups in total. The highest BCUT2D eigenvalue weighted by Gasteiger charge is 2.40. The molecule has 0 aliphatic carbocycles. The normalized spacial score (nSPS) is 30.3. The van der Waals surface area contributed by atoms with E-state index >= 15 is 0 Å². The van der Waals surface area contributed by atoms with Crippen molar-refractivity contribution in [3.05, 3.63) is 28.2 Å². The third-order valence-electron chi connectivity index (χ3n) is 4.13. The Morgan fingerprint density at radius 2 is 1.94 bits per heavy atom. The van der Waals surface area contributed by atoms with Gasteiger partial charge in [0.2, 0.25) is 0 Å². The second-order valence-corrected chi connectivity index (χ2v) is 6.21. The first-order chi connectivity index (χ1) is 8.69. The van der Waals surface area contributed by atoms with Crippen LogP contribution in [0.5, 0.6) is 0 Å². The van der Waals surface area contributed by atoms with Gasteiger partial charge in [0.1, 0.15) is 6.07 Å². The lowest BCUT2D eigenvalue weighted by Crippen LogP contribution is -2.47. The molecular formula is C14H16BrN3. The molecule has 0 amide bonds. The monoisotopic (exact) mass is 305 g/mol. The summed E-state index contributed by atoms with van der Waals surface area (Å²) in [6.45, 7) is 0. The number of hydrogen-bond donors (Lipinski definition) is 1. The second-order valence-electron chi connectivity index (χ2n) is 5.30. The number of benzene rings is 1. The molecule has 2 fully saturated rings. The Morgan fingerprint density at radius 3 is 2.56 bits per heavy atom. The minimum Gasteiger partial charge on any atom is -0.364 e. The number of nitriles is 1. The molecule has 2 atom stereocenters. The van der Waals surface area contributed by atoms with Crippen molar-refractivity contribution in [1.29, 1.82) is 5.26 Å². The predicted octanol–water partition coefficient (Wildman–Crippen LogP) is 2.78. The van der Waals surface area contributed by atoms with Crippen LogP contribution in [0.3, 0.4) is 0 Å². The Bertz CT molecular complexity index is 494. The third-order valence-corrected chi connectivity index (χ3v) is 4.62. The smallest absolute Gasteiger partial charge is 0.101 e. The van der Waals surface area contributed by atoms with Crippen molar-refractivity contribution in [2.75, 3.05) is 4.90 Å². The van der Waals surface area contributed by atoms with Crippen LogP contribution >= 0.6 is 15.9 Å². The number of piperidine rings is 1. The molecule has 2 bridgehead atoms. The van der Waals surface area contributed by atoms with Gasteiger partial charge in [0, 0.05) is 22.6 Å². The van der Waals surface area contributed by atoms with Crippen molar-refractivity contribution < 1.29 is 0 Å². The van der Waals surface area contributed by atoms with Crippen molar-refractivity contribution in [3.63, 3.8) is 0 Å². The van der Waals surface area contributed by atoms with Crippen molar-refractivity contribution in [1.82, 2.24) is 0 Å². The number of anilines is 1. The van der Waals surface area contributed by atoms with Crippen LogP contribution in [0.25, 0.3) is 0 Å². The van der Waals surface area contributed by atoms with Crippen LogP contribution in [-0.2, 0) is 0 Å². The fourth-order valence-corrected chi connectivity index (χ4v) is 3.80. The minimum atomic E-state index is 0.333. The van der Waals surface area contributed by atoms with Gasteiger partial charge in [-0.15, -0.1) is 0 Å². The molecule has 0 saturated carbocycles. The number of halogens is 1. The molecule has 0 radical (unpaired) electrons. The fourth-order valence-electron chi connectivity index (χ4n) is 3.44. The van der Waals surface area contributed by atoms with Gasteiger partial charge in [0.25, 0.3) is 0 Å². The lowest BCUT2D eigenvalue weighted by Gasteiger charge is -2.39. The van der Waals surface area contributed by atoms with Crippen LogP contribution in [0.2, 0.25) is 0 Å². The minimum absolute atomic E-state index is 0.333. The molecule has 1 aromatic carbocycles. The molecular weight excluding hydrogens is 290 g/mol. The zero-order valence-electron chi connectivity index (χ0n) is 10.1. The van der Waals surface area contributed by atoms with Gasteiger partial charge in [-0.05, 0) is 43.9 Å². The van der Waals surface area contributed by atoms with Crippen molar-refractivity contribution in [2.45, 2.75) is 43.8 Å². The van der Waals surface area contributed by atoms with Gasteiger partial charge in [0.05, 0.1) is 11.3 Å². The summed E-state index contributed by atoms with van der Waals surface area (Å²) in [6.07, 6.45) is 4.52. The van der Waals surface area contributed by atoms with Gasteiger partial charge in [-0.25, -0.2) is 0 Å². The molecule has 3 nitrogen and oxygen atoms in total. The molecule has 94 valence electrons. The summed E-state index contributed by atoms with van der Waals surface area (Å²) < 4.78 is 0.962. The molecule has 2 heterocycles. The zero-order chi connectivity index (χ0) is 12.7. The summed E-state index contributed by atoms with van der Waals surface area (Å²) >= 11 is 3.43. The van der Waals surface area contributed by atoms with Gasteiger partial charge in [-0.2, -0.15) is 5.26 Å². The lowest BCUT2D eigenvalue weighted by atomic mass is 9.96. The van der Waals surface area contributed by atoms with Crippen LogP contribution < -0.4 is 10.6 Å². The number of hydrogen-bond acceptors (Lipinski definition) is 3. The van der Waals surface area contributed by atoms with Gasteiger partial charge in [-0.3, -0.25) is 0 Å². The molecule has 0 spiro atoms. The van der Waals surface area contributed by atoms with Crippen molar-refractivity contribution in [2.24, 2.45) is 5.73 Å². The van der Waals surface area contributed by atoms with E-state index < -0.39 is 0 Å². The summed E-state index contributed by atoms with van der Waals surface area (Å²) in [6, 6.07) is 9.67. The van der Waals surface area contributed by atoms with E-state index in [9.17, 15) is 5.26 Å². The molecule has 18 heavy (non-hydrogen) atoms. The highest BCUT2D eigenvalue weighted by Crippen LogP contribution is 2.40. The first-order valence-corrected chi connectivity index (χ1v) is 7.22. The van der Waals surface area contributed by atoms with Crippen LogP contribution in [0.15, 0.2) is 22.7 Å². The Balaban J connectivity index is 1.99. The Morgan fingerprint density at radius 1 is 1.28 bits per heavy atom. The number of fused-ring (bicyclic) bond motifs is 2. The largest absolute Gasteiger partial charge is 0.364 e. The van der Waals surface area contributed by atoms with E-state index in [1.807, 2.05) is 12.1 Å². The summed E-state index contributed by atoms with van der Waals surface area (Å²) in [4.78, 5) is 2.44. The third kappa shape index (κ3) is 1.92. The first kappa shape index (κ1) is 12.0. The van der Waals surface area contributed by atoms with E-state index in [0.717, 1.165) is 28.6 Å². The molecule has 2 unspecified atom stereocenters. The maximum absolute atomic E-state index is 9.30. The average molecular weight is 306 g/mol. The number of nitrogens with zero attached hydrogens (tertiary/aromatic N) is 2. The van der Waals surface area contributed by atoms with Gasteiger partial charge < -0.3 is 10.6 Å². The number of nitrogens with two attached hydrogens (primary N) is 1. The van der Waals surface area contributed by atoms with E-state index in [1.54, 1.807) is 0 Å². The molecule has 1 aromatic rings. The lowest BCUT2D eigenvalue weighted by molar-refractivity contribution is 0.414. The van der Waals surface area contributed by atoms with E-state index in [0.29, 0.717) is 18.1 Å². The molecule has 3 rings (SSSR count). The van der Waals surface area contributed by atoms with Gasteiger partial charge in [-0.1, -0.05) is 15.9 Å². The molecule has 4 heteroatoms. The number of rotatable bonds is 1. The van der Waals surface area contributed by atoms with Crippen molar-refractivity contribution >= 4 is 21.6 Å². The van der Waals surface area contributed by atoms with Crippen LogP contribution in [0.1, 0.15) is 31.2 Å². The summed E-state index contributed by atoms with van der Waals surface area (Å²) in [5.41, 5.74) is 7.94. The van der Waals surface area contributed by atoms with E-state index in [-0.39, 0.29) is 0 Å². The highest BCUT2D eigenvalue weighted by atomic mass is 79.9. The van der Waals surface area contributed by atoms with Crippen LogP contribution in [-0.4, -0.2) is 18.1 Å². The maximum atomic E-state index is 9.30. The average Bonchev–Trinajstić information content (AvgIpc) is 2.62. The zero-order valence-corrected chi connectivity index (χ0v) is 11.7. The Hall–Kier alpha value is -1.05. The molecule has 2 aliphatic rings. The topological polar surface area (TPSA) is 53.0 Å². The predicted molar refractivity (Wildman–Crippen MR) is 75.4 cm³/mol. The second kappa shape index (κ2) is 4.56. The summed E-state index contributed by atoms with van der Waals surface area (Å²) in [7, 11) is 0. The quantitative estimate of drug-likeness (QED) is 0.868. The van der Waals surface area contributed by atoms with Crippen molar-refractivity contribution in [3.8, 4) is 6.07 Å². The summed E-state index contributed by atoms with van der Waals surface area (Å²) in [5.74, 6) is 0. The van der Waals surface area contributed by atoms with Crippen LogP contribution in [0, 0.1) is 11.3 Å². The van der Waals surface area contributed by atoms with Gasteiger partial charge in [0.15, 0.2) is 0 Å². The maximum Gasteiger partial charge on any atom is 0.101 e. The van der Waals surface area contributed by atoms with E-state index in [4.69, 9.17) is 5.73 Å². The molecule has 0 aromatic heterocycles. The SMILES string of the molecule is N#Cc1cc(Br)ccc1N1C2CCC1CC(N)C2. The highest BCUT2D eigenvalue weighted by molar-refractivity contribution is 9.10. The van der Waals surface area contributed by atoms with Gasteiger partial charge >= 0.3 is 0 Å². The van der Waals surface area contributed by atoms with E-state index in [2.05, 4.69) is 33.0 Å².